The lowest BCUT2D eigenvalue weighted by atomic mass is 10.1. The van der Waals surface area contributed by atoms with E-state index in [2.05, 4.69) is 25.9 Å². The minimum absolute atomic E-state index is 0.0524. The number of carbonyl (C=O) groups excluding carboxylic acids is 2. The first kappa shape index (κ1) is 22.7. The number of nitrogens with zero attached hydrogens (tertiary/aromatic N) is 4. The van der Waals surface area contributed by atoms with Crippen molar-refractivity contribution in [2.24, 2.45) is 0 Å². The number of amides is 2. The molecule has 0 aliphatic heterocycles. The summed E-state index contributed by atoms with van der Waals surface area (Å²) in [5.74, 6) is -1.37. The van der Waals surface area contributed by atoms with Crippen LogP contribution in [0.3, 0.4) is 0 Å². The van der Waals surface area contributed by atoms with Crippen molar-refractivity contribution in [1.29, 1.82) is 0 Å². The van der Waals surface area contributed by atoms with Crippen LogP contribution in [0.4, 0.5) is 13.2 Å². The molecule has 0 atom stereocenters. The molecule has 0 unspecified atom stereocenters. The van der Waals surface area contributed by atoms with Crippen molar-refractivity contribution in [3.05, 3.63) is 65.5 Å². The van der Waals surface area contributed by atoms with E-state index in [1.165, 1.54) is 19.2 Å². The van der Waals surface area contributed by atoms with E-state index in [4.69, 9.17) is 4.74 Å². The summed E-state index contributed by atoms with van der Waals surface area (Å²) < 4.78 is 46.3. The highest BCUT2D eigenvalue weighted by atomic mass is 19.4. The third kappa shape index (κ3) is 5.59. The summed E-state index contributed by atoms with van der Waals surface area (Å²) in [6.45, 7) is -0.0129. The van der Waals surface area contributed by atoms with Crippen molar-refractivity contribution in [3.63, 3.8) is 0 Å². The Labute approximate surface area is 180 Å². The normalized spacial score (nSPS) is 11.1. The molecule has 0 radical (unpaired) electrons. The molecule has 2 aromatic heterocycles. The predicted molar refractivity (Wildman–Crippen MR) is 106 cm³/mol. The van der Waals surface area contributed by atoms with Crippen LogP contribution in [0.1, 0.15) is 21.6 Å². The number of aromatic nitrogens is 4. The van der Waals surface area contributed by atoms with Crippen LogP contribution in [0.15, 0.2) is 48.7 Å². The van der Waals surface area contributed by atoms with Crippen LogP contribution in [-0.4, -0.2) is 52.0 Å². The van der Waals surface area contributed by atoms with Gasteiger partial charge < -0.3 is 15.4 Å². The monoisotopic (exact) mass is 448 g/mol. The zero-order valence-electron chi connectivity index (χ0n) is 16.9. The predicted octanol–water partition coefficient (Wildman–Crippen LogP) is 1.78. The fourth-order valence-electron chi connectivity index (χ4n) is 2.81. The quantitative estimate of drug-likeness (QED) is 0.509. The molecule has 0 saturated carbocycles. The summed E-state index contributed by atoms with van der Waals surface area (Å²) in [6.07, 6.45) is -3.92. The van der Waals surface area contributed by atoms with Gasteiger partial charge in [0.15, 0.2) is 11.5 Å². The molecule has 2 heterocycles. The van der Waals surface area contributed by atoms with Gasteiger partial charge in [-0.2, -0.15) is 18.3 Å². The number of carbonyl (C=O) groups is 2. The molecule has 0 aliphatic carbocycles. The molecule has 12 heteroatoms. The van der Waals surface area contributed by atoms with E-state index >= 15 is 0 Å². The lowest BCUT2D eigenvalue weighted by Crippen LogP contribution is -2.36. The first-order valence-electron chi connectivity index (χ1n) is 9.41. The second-order valence-corrected chi connectivity index (χ2v) is 6.52. The summed E-state index contributed by atoms with van der Waals surface area (Å²) in [4.78, 5) is 24.3. The van der Waals surface area contributed by atoms with Crippen LogP contribution in [0.25, 0.3) is 5.82 Å². The summed E-state index contributed by atoms with van der Waals surface area (Å²) in [6, 6.07) is 11.6. The molecule has 3 aromatic rings. The molecular formula is C20H19F3N6O3. The van der Waals surface area contributed by atoms with Gasteiger partial charge in [-0.3, -0.25) is 9.59 Å². The van der Waals surface area contributed by atoms with E-state index in [1.807, 2.05) is 6.07 Å². The van der Waals surface area contributed by atoms with Crippen molar-refractivity contribution >= 4 is 11.8 Å². The molecule has 0 spiro atoms. The molecule has 0 saturated heterocycles. The fraction of sp³-hybridized carbons (Fsp3) is 0.250. The fourth-order valence-corrected chi connectivity index (χ4v) is 2.81. The highest BCUT2D eigenvalue weighted by Crippen LogP contribution is 2.33. The SMILES string of the molecule is COc1ccc(-n2ncc(C(=O)NCCNC(=O)Cc3ccccc3)c2C(F)(F)F)nn1. The number of hydrogen-bond acceptors (Lipinski definition) is 6. The Morgan fingerprint density at radius 1 is 1.03 bits per heavy atom. The minimum Gasteiger partial charge on any atom is -0.480 e. The second-order valence-electron chi connectivity index (χ2n) is 6.52. The summed E-state index contributed by atoms with van der Waals surface area (Å²) in [5.41, 5.74) is -1.15. The van der Waals surface area contributed by atoms with Crippen molar-refractivity contribution in [2.75, 3.05) is 20.2 Å². The number of hydrogen-bond donors (Lipinski definition) is 2. The van der Waals surface area contributed by atoms with Gasteiger partial charge in [-0.25, -0.2) is 4.68 Å². The Balaban J connectivity index is 1.63. The zero-order valence-corrected chi connectivity index (χ0v) is 16.9. The van der Waals surface area contributed by atoms with Gasteiger partial charge in [-0.1, -0.05) is 30.3 Å². The van der Waals surface area contributed by atoms with Crippen molar-refractivity contribution in [2.45, 2.75) is 12.6 Å². The molecule has 2 N–H and O–H groups in total. The van der Waals surface area contributed by atoms with E-state index in [0.29, 0.717) is 4.68 Å². The van der Waals surface area contributed by atoms with E-state index in [1.54, 1.807) is 24.3 Å². The number of nitrogens with one attached hydrogen (secondary N) is 2. The van der Waals surface area contributed by atoms with Gasteiger partial charge in [0.1, 0.15) is 0 Å². The average Bonchev–Trinajstić information content (AvgIpc) is 3.23. The summed E-state index contributed by atoms with van der Waals surface area (Å²) >= 11 is 0. The van der Waals surface area contributed by atoms with Crippen molar-refractivity contribution in [3.8, 4) is 11.7 Å². The highest BCUT2D eigenvalue weighted by molar-refractivity contribution is 5.95. The van der Waals surface area contributed by atoms with Gasteiger partial charge in [0.2, 0.25) is 11.8 Å². The highest BCUT2D eigenvalue weighted by Gasteiger charge is 2.41. The van der Waals surface area contributed by atoms with E-state index in [9.17, 15) is 22.8 Å². The molecule has 9 nitrogen and oxygen atoms in total. The third-order valence-corrected chi connectivity index (χ3v) is 4.27. The number of rotatable bonds is 8. The molecule has 0 fully saturated rings. The maximum absolute atomic E-state index is 13.7. The largest absolute Gasteiger partial charge is 0.480 e. The van der Waals surface area contributed by atoms with Gasteiger partial charge >= 0.3 is 6.18 Å². The number of alkyl halides is 3. The molecule has 0 aliphatic rings. The maximum atomic E-state index is 13.7. The average molecular weight is 448 g/mol. The Bertz CT molecular complexity index is 1070. The lowest BCUT2D eigenvalue weighted by Gasteiger charge is -2.12. The smallest absolute Gasteiger partial charge is 0.434 e. The van der Waals surface area contributed by atoms with Crippen LogP contribution in [0.5, 0.6) is 5.88 Å². The van der Waals surface area contributed by atoms with Gasteiger partial charge in [0.25, 0.3) is 5.91 Å². The van der Waals surface area contributed by atoms with E-state index in [0.717, 1.165) is 11.8 Å². The molecule has 32 heavy (non-hydrogen) atoms. The maximum Gasteiger partial charge on any atom is 0.434 e. The Morgan fingerprint density at radius 2 is 1.75 bits per heavy atom. The Kier molecular flexibility index (Phi) is 7.03. The molecule has 2 amide bonds. The summed E-state index contributed by atoms with van der Waals surface area (Å²) in [7, 11) is 1.34. The number of ether oxygens (including phenoxy) is 1. The zero-order chi connectivity index (χ0) is 23.1. The minimum atomic E-state index is -4.88. The first-order chi connectivity index (χ1) is 15.3. The Hall–Kier alpha value is -3.96. The van der Waals surface area contributed by atoms with Crippen molar-refractivity contribution in [1.82, 2.24) is 30.6 Å². The number of methoxy groups -OCH3 is 1. The Morgan fingerprint density at radius 3 is 2.38 bits per heavy atom. The lowest BCUT2D eigenvalue weighted by molar-refractivity contribution is -0.143. The molecular weight excluding hydrogens is 429 g/mol. The third-order valence-electron chi connectivity index (χ3n) is 4.27. The summed E-state index contributed by atoms with van der Waals surface area (Å²) in [5, 5.41) is 15.9. The van der Waals surface area contributed by atoms with Crippen LogP contribution < -0.4 is 15.4 Å². The molecule has 1 aromatic carbocycles. The number of halogens is 3. The first-order valence-corrected chi connectivity index (χ1v) is 9.41. The van der Waals surface area contributed by atoms with Gasteiger partial charge in [-0.05, 0) is 11.6 Å². The molecule has 3 rings (SSSR count). The topological polar surface area (TPSA) is 111 Å². The standard InChI is InChI=1S/C20H19F3N6O3/c1-32-17-8-7-15(27-28-17)29-18(20(21,22)23)14(12-26-29)19(31)25-10-9-24-16(30)11-13-5-3-2-4-6-13/h2-8,12H,9-11H2,1H3,(H,24,30)(H,25,31). The van der Waals surface area contributed by atoms with E-state index in [-0.39, 0.29) is 37.1 Å². The van der Waals surface area contributed by atoms with Crippen LogP contribution in [0.2, 0.25) is 0 Å². The van der Waals surface area contributed by atoms with Crippen LogP contribution >= 0.6 is 0 Å². The van der Waals surface area contributed by atoms with Gasteiger partial charge in [0.05, 0.1) is 25.3 Å². The molecule has 168 valence electrons. The van der Waals surface area contributed by atoms with Crippen molar-refractivity contribution < 1.29 is 27.5 Å². The molecule has 0 bridgehead atoms. The number of benzene rings is 1. The second kappa shape index (κ2) is 9.90. The van der Waals surface area contributed by atoms with E-state index < -0.39 is 23.3 Å². The van der Waals surface area contributed by atoms with Gasteiger partial charge in [0, 0.05) is 19.2 Å². The van der Waals surface area contributed by atoms with Crippen LogP contribution in [-0.2, 0) is 17.4 Å². The van der Waals surface area contributed by atoms with Crippen LogP contribution in [0, 0.1) is 0 Å². The van der Waals surface area contributed by atoms with Gasteiger partial charge in [-0.15, -0.1) is 10.2 Å².